The molecule has 0 unspecified atom stereocenters. The van der Waals surface area contributed by atoms with Crippen molar-refractivity contribution >= 4 is 29.3 Å². The first kappa shape index (κ1) is 21.1. The van der Waals surface area contributed by atoms with Crippen molar-refractivity contribution in [2.24, 2.45) is 0 Å². The lowest BCUT2D eigenvalue weighted by atomic mass is 10.2. The highest BCUT2D eigenvalue weighted by Crippen LogP contribution is 2.24. The minimum absolute atomic E-state index is 0.136. The van der Waals surface area contributed by atoms with E-state index in [1.807, 2.05) is 18.2 Å². The summed E-state index contributed by atoms with van der Waals surface area (Å²) in [7, 11) is 3.23. The van der Waals surface area contributed by atoms with Crippen LogP contribution in [0.1, 0.15) is 11.5 Å². The predicted octanol–water partition coefficient (Wildman–Crippen LogP) is 4.43. The smallest absolute Gasteiger partial charge is 0.246 e. The monoisotopic (exact) mass is 435 g/mol. The molecule has 1 amide bonds. The standard InChI is InChI=1S/C20H19ClFN3O3S/c1-25(19(26)12-29-11-15-16(21)7-4-8-17(15)22)10-18-23-20(24-28-18)13-5-3-6-14(9-13)27-2/h3-9H,10-12H2,1-2H3. The molecule has 0 aliphatic carbocycles. The van der Waals surface area contributed by atoms with Crippen molar-refractivity contribution in [2.45, 2.75) is 12.3 Å². The van der Waals surface area contributed by atoms with Crippen LogP contribution in [0.2, 0.25) is 5.02 Å². The number of benzene rings is 2. The summed E-state index contributed by atoms with van der Waals surface area (Å²) in [5.74, 6) is 1.41. The lowest BCUT2D eigenvalue weighted by Gasteiger charge is -2.14. The van der Waals surface area contributed by atoms with Gasteiger partial charge in [-0.1, -0.05) is 35.0 Å². The molecule has 0 atom stereocenters. The molecule has 2 aromatic carbocycles. The summed E-state index contributed by atoms with van der Waals surface area (Å²) in [5.41, 5.74) is 1.15. The predicted molar refractivity (Wildman–Crippen MR) is 110 cm³/mol. The molecule has 1 heterocycles. The van der Waals surface area contributed by atoms with Crippen LogP contribution < -0.4 is 4.74 Å². The Morgan fingerprint density at radius 3 is 2.86 bits per heavy atom. The number of amides is 1. The first-order chi connectivity index (χ1) is 14.0. The molecule has 0 N–H and O–H groups in total. The van der Waals surface area contributed by atoms with E-state index in [-0.39, 0.29) is 24.0 Å². The molecule has 152 valence electrons. The second kappa shape index (κ2) is 9.76. The number of hydrogen-bond acceptors (Lipinski definition) is 6. The quantitative estimate of drug-likeness (QED) is 0.521. The fourth-order valence-corrected chi connectivity index (χ4v) is 3.81. The van der Waals surface area contributed by atoms with Gasteiger partial charge >= 0.3 is 0 Å². The van der Waals surface area contributed by atoms with Crippen LogP contribution in [0.4, 0.5) is 4.39 Å². The van der Waals surface area contributed by atoms with Crippen LogP contribution >= 0.6 is 23.4 Å². The highest BCUT2D eigenvalue weighted by molar-refractivity contribution is 7.99. The summed E-state index contributed by atoms with van der Waals surface area (Å²) in [6.07, 6.45) is 0. The van der Waals surface area contributed by atoms with Crippen LogP contribution in [0, 0.1) is 5.82 Å². The number of aromatic nitrogens is 2. The summed E-state index contributed by atoms with van der Waals surface area (Å²) in [6.45, 7) is 0.177. The fourth-order valence-electron chi connectivity index (χ4n) is 2.51. The molecule has 0 spiro atoms. The van der Waals surface area contributed by atoms with Gasteiger partial charge in [0.2, 0.25) is 17.6 Å². The van der Waals surface area contributed by atoms with Gasteiger partial charge < -0.3 is 14.2 Å². The summed E-state index contributed by atoms with van der Waals surface area (Å²) < 4.78 is 24.2. The molecule has 0 bridgehead atoms. The number of ether oxygens (including phenoxy) is 1. The van der Waals surface area contributed by atoms with E-state index in [0.29, 0.717) is 33.8 Å². The van der Waals surface area contributed by atoms with Crippen LogP contribution in [0.15, 0.2) is 47.0 Å². The average Bonchev–Trinajstić information content (AvgIpc) is 3.18. The van der Waals surface area contributed by atoms with Gasteiger partial charge in [-0.25, -0.2) is 4.39 Å². The number of rotatable bonds is 8. The van der Waals surface area contributed by atoms with Gasteiger partial charge in [0.05, 0.1) is 19.4 Å². The van der Waals surface area contributed by atoms with Gasteiger partial charge in [0.1, 0.15) is 11.6 Å². The zero-order valence-corrected chi connectivity index (χ0v) is 17.5. The van der Waals surface area contributed by atoms with Gasteiger partial charge in [-0.2, -0.15) is 4.98 Å². The molecular formula is C20H19ClFN3O3S. The van der Waals surface area contributed by atoms with Gasteiger partial charge in [0.15, 0.2) is 0 Å². The number of methoxy groups -OCH3 is 1. The van der Waals surface area contributed by atoms with Gasteiger partial charge in [-0.05, 0) is 24.3 Å². The van der Waals surface area contributed by atoms with E-state index in [2.05, 4.69) is 10.1 Å². The van der Waals surface area contributed by atoms with Crippen LogP contribution in [0.25, 0.3) is 11.4 Å². The van der Waals surface area contributed by atoms with Crippen molar-refractivity contribution in [2.75, 3.05) is 19.9 Å². The molecule has 0 saturated carbocycles. The molecule has 0 aliphatic heterocycles. The summed E-state index contributed by atoms with van der Waals surface area (Å²) >= 11 is 7.29. The lowest BCUT2D eigenvalue weighted by Crippen LogP contribution is -2.28. The van der Waals surface area contributed by atoms with Crippen molar-refractivity contribution in [1.29, 1.82) is 0 Å². The van der Waals surface area contributed by atoms with E-state index >= 15 is 0 Å². The topological polar surface area (TPSA) is 68.5 Å². The number of hydrogen-bond donors (Lipinski definition) is 0. The maximum atomic E-state index is 13.8. The molecule has 6 nitrogen and oxygen atoms in total. The van der Waals surface area contributed by atoms with Crippen molar-refractivity contribution in [3.05, 3.63) is 64.8 Å². The third kappa shape index (κ3) is 5.48. The highest BCUT2D eigenvalue weighted by Gasteiger charge is 2.16. The number of nitrogens with zero attached hydrogens (tertiary/aromatic N) is 3. The Bertz CT molecular complexity index is 978. The van der Waals surface area contributed by atoms with Gasteiger partial charge in [-0.3, -0.25) is 4.79 Å². The third-order valence-corrected chi connectivity index (χ3v) is 5.43. The van der Waals surface area contributed by atoms with Crippen LogP contribution in [0.5, 0.6) is 5.75 Å². The maximum Gasteiger partial charge on any atom is 0.246 e. The average molecular weight is 436 g/mol. The van der Waals surface area contributed by atoms with E-state index in [1.165, 1.54) is 22.7 Å². The van der Waals surface area contributed by atoms with Crippen molar-refractivity contribution < 1.29 is 18.4 Å². The zero-order valence-electron chi connectivity index (χ0n) is 15.9. The Hall–Kier alpha value is -2.58. The Labute approximate surface area is 177 Å². The van der Waals surface area contributed by atoms with Gasteiger partial charge in [0, 0.05) is 29.0 Å². The Kier molecular flexibility index (Phi) is 7.11. The molecule has 3 rings (SSSR count). The van der Waals surface area contributed by atoms with Gasteiger partial charge in [-0.15, -0.1) is 11.8 Å². The number of halogens is 2. The minimum Gasteiger partial charge on any atom is -0.497 e. The molecule has 1 aromatic heterocycles. The highest BCUT2D eigenvalue weighted by atomic mass is 35.5. The van der Waals surface area contributed by atoms with E-state index in [1.54, 1.807) is 32.4 Å². The molecular weight excluding hydrogens is 417 g/mol. The molecule has 0 aliphatic rings. The molecule has 3 aromatic rings. The number of carbonyl (C=O) groups is 1. The van der Waals surface area contributed by atoms with Crippen molar-refractivity contribution in [3.8, 4) is 17.1 Å². The third-order valence-electron chi connectivity index (χ3n) is 4.13. The second-order valence-electron chi connectivity index (χ2n) is 6.19. The first-order valence-electron chi connectivity index (χ1n) is 8.69. The summed E-state index contributed by atoms with van der Waals surface area (Å²) in [6, 6.07) is 11.8. The summed E-state index contributed by atoms with van der Waals surface area (Å²) in [4.78, 5) is 18.2. The van der Waals surface area contributed by atoms with Crippen LogP contribution in [-0.4, -0.2) is 40.9 Å². The molecule has 0 fully saturated rings. The lowest BCUT2D eigenvalue weighted by molar-refractivity contribution is -0.127. The zero-order chi connectivity index (χ0) is 20.8. The molecule has 29 heavy (non-hydrogen) atoms. The summed E-state index contributed by atoms with van der Waals surface area (Å²) in [5, 5.41) is 4.31. The number of carbonyl (C=O) groups excluding carboxylic acids is 1. The van der Waals surface area contributed by atoms with Gasteiger partial charge in [0.25, 0.3) is 0 Å². The Morgan fingerprint density at radius 2 is 2.10 bits per heavy atom. The maximum absolute atomic E-state index is 13.8. The van der Waals surface area contributed by atoms with Crippen LogP contribution in [0.3, 0.4) is 0 Å². The molecule has 0 saturated heterocycles. The Balaban J connectivity index is 1.54. The normalized spacial score (nSPS) is 10.8. The van der Waals surface area contributed by atoms with Crippen LogP contribution in [-0.2, 0) is 17.1 Å². The minimum atomic E-state index is -0.373. The van der Waals surface area contributed by atoms with E-state index < -0.39 is 0 Å². The fraction of sp³-hybridized carbons (Fsp3) is 0.250. The van der Waals surface area contributed by atoms with Crippen molar-refractivity contribution in [1.82, 2.24) is 15.0 Å². The second-order valence-corrected chi connectivity index (χ2v) is 7.58. The van der Waals surface area contributed by atoms with E-state index in [0.717, 1.165) is 5.56 Å². The number of thioether (sulfide) groups is 1. The van der Waals surface area contributed by atoms with E-state index in [9.17, 15) is 9.18 Å². The first-order valence-corrected chi connectivity index (χ1v) is 10.2. The Morgan fingerprint density at radius 1 is 1.31 bits per heavy atom. The largest absolute Gasteiger partial charge is 0.497 e. The van der Waals surface area contributed by atoms with Crippen molar-refractivity contribution in [3.63, 3.8) is 0 Å². The molecule has 0 radical (unpaired) electrons. The SMILES string of the molecule is COc1cccc(-c2noc(CN(C)C(=O)CSCc3c(F)cccc3Cl)n2)c1. The molecule has 9 heteroatoms. The van der Waals surface area contributed by atoms with E-state index in [4.69, 9.17) is 20.9 Å².